The number of nitrogens with one attached hydrogen (secondary N) is 2. The molecule has 28 heavy (non-hydrogen) atoms. The number of amides is 3. The molecular formula is C21H24N2O4S. The lowest BCUT2D eigenvalue weighted by atomic mass is 9.87. The Bertz CT molecular complexity index is 863. The molecule has 2 N–H and O–H groups in total. The Morgan fingerprint density at radius 1 is 1.25 bits per heavy atom. The van der Waals surface area contributed by atoms with Crippen LogP contribution in [0.5, 0.6) is 0 Å². The molecule has 1 aromatic heterocycles. The molecule has 1 aliphatic carbocycles. The van der Waals surface area contributed by atoms with E-state index in [4.69, 9.17) is 4.74 Å². The van der Waals surface area contributed by atoms with E-state index in [9.17, 15) is 14.4 Å². The fourth-order valence-corrected chi connectivity index (χ4v) is 4.45. The van der Waals surface area contributed by atoms with Crippen molar-refractivity contribution in [2.75, 3.05) is 7.05 Å². The molecule has 0 aliphatic heterocycles. The minimum Gasteiger partial charge on any atom is -0.443 e. The van der Waals surface area contributed by atoms with Gasteiger partial charge in [-0.25, -0.2) is 9.59 Å². The maximum atomic E-state index is 12.8. The third kappa shape index (κ3) is 4.59. The van der Waals surface area contributed by atoms with E-state index in [1.165, 1.54) is 28.8 Å². The number of hydrogen-bond donors (Lipinski definition) is 2. The Balaban J connectivity index is 1.79. The van der Waals surface area contributed by atoms with Crippen molar-refractivity contribution in [2.45, 2.75) is 38.7 Å². The van der Waals surface area contributed by atoms with Crippen LogP contribution in [-0.4, -0.2) is 25.0 Å². The van der Waals surface area contributed by atoms with Gasteiger partial charge in [0.25, 0.3) is 5.91 Å². The van der Waals surface area contributed by atoms with Gasteiger partial charge >= 0.3 is 12.0 Å². The number of ether oxygens (including phenoxy) is 1. The first kappa shape index (κ1) is 20.1. The Labute approximate surface area is 168 Å². The van der Waals surface area contributed by atoms with Crippen LogP contribution in [0.3, 0.4) is 0 Å². The largest absolute Gasteiger partial charge is 0.443 e. The number of carbonyl (C=O) groups is 3. The summed E-state index contributed by atoms with van der Waals surface area (Å²) in [5, 5.41) is 4.51. The maximum Gasteiger partial charge on any atom is 0.349 e. The quantitative estimate of drug-likeness (QED) is 0.751. The number of urea groups is 1. The van der Waals surface area contributed by atoms with E-state index >= 15 is 0 Å². The van der Waals surface area contributed by atoms with Gasteiger partial charge in [-0.15, -0.1) is 11.3 Å². The van der Waals surface area contributed by atoms with Crippen LogP contribution < -0.4 is 10.6 Å². The van der Waals surface area contributed by atoms with E-state index < -0.39 is 24.0 Å². The van der Waals surface area contributed by atoms with Crippen LogP contribution in [0.2, 0.25) is 0 Å². The summed E-state index contributed by atoms with van der Waals surface area (Å²) in [6, 6.07) is 9.91. The molecule has 3 amide bonds. The standard InChI is InChI=1S/C21H24N2O4S/c1-3-13-9-10-16-15(11-13)12-17(28-16)20(25)27-18(14-7-5-4-6-8-14)19(24)23-21(26)22-2/h4-8,12-13,18H,3,9-11H2,1-2H3,(H2,22,23,24,26)/t13-,18-/m1/s1. The van der Waals surface area contributed by atoms with E-state index in [-0.39, 0.29) is 0 Å². The van der Waals surface area contributed by atoms with Gasteiger partial charge in [-0.1, -0.05) is 43.7 Å². The van der Waals surface area contributed by atoms with Crippen molar-refractivity contribution in [3.05, 3.63) is 57.3 Å². The van der Waals surface area contributed by atoms with E-state index in [0.717, 1.165) is 25.7 Å². The van der Waals surface area contributed by atoms with Crippen LogP contribution in [0, 0.1) is 5.92 Å². The summed E-state index contributed by atoms with van der Waals surface area (Å²) in [7, 11) is 1.41. The molecule has 2 aromatic rings. The number of carbonyl (C=O) groups excluding carboxylic acids is 3. The molecular weight excluding hydrogens is 376 g/mol. The van der Waals surface area contributed by atoms with Gasteiger partial charge < -0.3 is 10.1 Å². The number of aryl methyl sites for hydroxylation is 1. The number of imide groups is 1. The second-order valence-corrected chi connectivity index (χ2v) is 7.98. The van der Waals surface area contributed by atoms with Crippen LogP contribution in [-0.2, 0) is 22.4 Å². The number of esters is 1. The van der Waals surface area contributed by atoms with E-state index in [1.54, 1.807) is 30.3 Å². The second-order valence-electron chi connectivity index (χ2n) is 6.84. The Hall–Kier alpha value is -2.67. The van der Waals surface area contributed by atoms with E-state index in [2.05, 4.69) is 17.6 Å². The maximum absolute atomic E-state index is 12.8. The third-order valence-corrected chi connectivity index (χ3v) is 6.21. The van der Waals surface area contributed by atoms with Crippen molar-refractivity contribution in [1.82, 2.24) is 10.6 Å². The van der Waals surface area contributed by atoms with Crippen LogP contribution in [0.1, 0.15) is 51.5 Å². The smallest absolute Gasteiger partial charge is 0.349 e. The lowest BCUT2D eigenvalue weighted by Gasteiger charge is -2.19. The normalized spacial score (nSPS) is 16.6. The monoisotopic (exact) mass is 400 g/mol. The predicted octanol–water partition coefficient (Wildman–Crippen LogP) is 3.62. The Kier molecular flexibility index (Phi) is 6.46. The first-order chi connectivity index (χ1) is 13.5. The van der Waals surface area contributed by atoms with Crippen molar-refractivity contribution >= 4 is 29.2 Å². The number of hydrogen-bond acceptors (Lipinski definition) is 5. The van der Waals surface area contributed by atoms with Crippen LogP contribution in [0.15, 0.2) is 36.4 Å². The zero-order chi connectivity index (χ0) is 20.1. The average Bonchev–Trinajstić information content (AvgIpc) is 3.15. The van der Waals surface area contributed by atoms with Gasteiger partial charge in [0.05, 0.1) is 0 Å². The molecule has 0 saturated carbocycles. The SMILES string of the molecule is CC[C@@H]1CCc2sc(C(=O)O[C@@H](C(=O)NC(=O)NC)c3ccccc3)cc2C1. The molecule has 2 atom stereocenters. The second kappa shape index (κ2) is 9.01. The summed E-state index contributed by atoms with van der Waals surface area (Å²) in [5.41, 5.74) is 1.71. The number of rotatable bonds is 5. The summed E-state index contributed by atoms with van der Waals surface area (Å²) < 4.78 is 5.54. The molecule has 1 aromatic carbocycles. The highest BCUT2D eigenvalue weighted by atomic mass is 32.1. The van der Waals surface area contributed by atoms with Gasteiger partial charge in [0.1, 0.15) is 4.88 Å². The summed E-state index contributed by atoms with van der Waals surface area (Å²) in [4.78, 5) is 38.5. The molecule has 0 spiro atoms. The first-order valence-electron chi connectivity index (χ1n) is 9.41. The lowest BCUT2D eigenvalue weighted by Crippen LogP contribution is -2.41. The fraction of sp³-hybridized carbons (Fsp3) is 0.381. The third-order valence-electron chi connectivity index (χ3n) is 4.99. The summed E-state index contributed by atoms with van der Waals surface area (Å²) in [6.07, 6.45) is 3.03. The topological polar surface area (TPSA) is 84.5 Å². The molecule has 0 unspecified atom stereocenters. The van der Waals surface area contributed by atoms with E-state index in [1.807, 2.05) is 6.07 Å². The summed E-state index contributed by atoms with van der Waals surface area (Å²) in [5.74, 6) is -0.582. The lowest BCUT2D eigenvalue weighted by molar-refractivity contribution is -0.129. The van der Waals surface area contributed by atoms with Gasteiger partial charge in [0.15, 0.2) is 0 Å². The van der Waals surface area contributed by atoms with Crippen molar-refractivity contribution in [3.63, 3.8) is 0 Å². The summed E-state index contributed by atoms with van der Waals surface area (Å²) in [6.45, 7) is 2.19. The molecule has 1 heterocycles. The highest BCUT2D eigenvalue weighted by Crippen LogP contribution is 2.34. The fourth-order valence-electron chi connectivity index (χ4n) is 3.35. The van der Waals surface area contributed by atoms with Gasteiger partial charge in [0, 0.05) is 17.5 Å². The van der Waals surface area contributed by atoms with Gasteiger partial charge in [-0.05, 0) is 36.8 Å². The van der Waals surface area contributed by atoms with Gasteiger partial charge in [0.2, 0.25) is 6.10 Å². The zero-order valence-corrected chi connectivity index (χ0v) is 16.8. The molecule has 0 bridgehead atoms. The zero-order valence-electron chi connectivity index (χ0n) is 16.0. The predicted molar refractivity (Wildman–Crippen MR) is 107 cm³/mol. The minimum absolute atomic E-state index is 0.496. The highest BCUT2D eigenvalue weighted by molar-refractivity contribution is 7.14. The highest BCUT2D eigenvalue weighted by Gasteiger charge is 2.29. The molecule has 3 rings (SSSR count). The van der Waals surface area contributed by atoms with Crippen LogP contribution in [0.25, 0.3) is 0 Å². The summed E-state index contributed by atoms with van der Waals surface area (Å²) >= 11 is 1.44. The van der Waals surface area contributed by atoms with Crippen LogP contribution >= 0.6 is 11.3 Å². The van der Waals surface area contributed by atoms with Crippen molar-refractivity contribution in [2.24, 2.45) is 5.92 Å². The molecule has 6 nitrogen and oxygen atoms in total. The number of benzene rings is 1. The molecule has 0 fully saturated rings. The van der Waals surface area contributed by atoms with Gasteiger partial charge in [-0.3, -0.25) is 10.1 Å². The Morgan fingerprint density at radius 3 is 2.68 bits per heavy atom. The first-order valence-corrected chi connectivity index (χ1v) is 10.2. The van der Waals surface area contributed by atoms with Crippen LogP contribution in [0.4, 0.5) is 4.79 Å². The van der Waals surface area contributed by atoms with Crippen molar-refractivity contribution < 1.29 is 19.1 Å². The van der Waals surface area contributed by atoms with Crippen molar-refractivity contribution in [1.29, 1.82) is 0 Å². The Morgan fingerprint density at radius 2 is 2.00 bits per heavy atom. The van der Waals surface area contributed by atoms with E-state index in [0.29, 0.717) is 16.4 Å². The number of fused-ring (bicyclic) bond motifs is 1. The average molecular weight is 401 g/mol. The molecule has 1 aliphatic rings. The molecule has 0 saturated heterocycles. The minimum atomic E-state index is -1.20. The molecule has 7 heteroatoms. The van der Waals surface area contributed by atoms with Crippen molar-refractivity contribution in [3.8, 4) is 0 Å². The number of thiophene rings is 1. The molecule has 0 radical (unpaired) electrons. The van der Waals surface area contributed by atoms with Gasteiger partial charge in [-0.2, -0.15) is 0 Å². The molecule has 148 valence electrons.